The first-order valence-electron chi connectivity index (χ1n) is 6.62. The lowest BCUT2D eigenvalue weighted by atomic mass is 9.98. The molecule has 5 nitrogen and oxygen atoms in total. The summed E-state index contributed by atoms with van der Waals surface area (Å²) >= 11 is 5.76. The van der Waals surface area contributed by atoms with Crippen LogP contribution in [0.3, 0.4) is 0 Å². The number of carbonyl (C=O) groups excluding carboxylic acids is 2. The van der Waals surface area contributed by atoms with Crippen molar-refractivity contribution in [1.29, 1.82) is 0 Å². The van der Waals surface area contributed by atoms with Gasteiger partial charge in [0, 0.05) is 10.7 Å². The first kappa shape index (κ1) is 17.8. The van der Waals surface area contributed by atoms with E-state index in [1.54, 1.807) is 24.3 Å². The van der Waals surface area contributed by atoms with Gasteiger partial charge in [0.1, 0.15) is 0 Å². The van der Waals surface area contributed by atoms with Gasteiger partial charge in [-0.25, -0.2) is 0 Å². The molecule has 4 N–H and O–H groups in total. The van der Waals surface area contributed by atoms with Crippen molar-refractivity contribution in [2.45, 2.75) is 31.2 Å². The lowest BCUT2D eigenvalue weighted by molar-refractivity contribution is -0.128. The minimum atomic E-state index is -0.805. The summed E-state index contributed by atoms with van der Waals surface area (Å²) in [5.74, 6) is -0.538. The summed E-state index contributed by atoms with van der Waals surface area (Å²) in [6, 6.07) is 6.76. The number of amides is 2. The van der Waals surface area contributed by atoms with E-state index in [9.17, 15) is 9.59 Å². The van der Waals surface area contributed by atoms with Crippen LogP contribution in [0, 0.1) is 0 Å². The third-order valence-corrected chi connectivity index (χ3v) is 3.74. The zero-order valence-electron chi connectivity index (χ0n) is 11.5. The summed E-state index contributed by atoms with van der Waals surface area (Å²) in [5, 5.41) is 5.87. The van der Waals surface area contributed by atoms with Gasteiger partial charge in [-0.05, 0) is 37.1 Å². The predicted molar refractivity (Wildman–Crippen MR) is 85.7 cm³/mol. The fourth-order valence-corrected chi connectivity index (χ4v) is 2.43. The van der Waals surface area contributed by atoms with Gasteiger partial charge in [-0.1, -0.05) is 24.4 Å². The predicted octanol–water partition coefficient (Wildman–Crippen LogP) is 2.09. The molecule has 0 aliphatic heterocycles. The largest absolute Gasteiger partial charge is 0.345 e. The molecule has 1 aliphatic carbocycles. The molecule has 0 aromatic heterocycles. The lowest BCUT2D eigenvalue weighted by Gasteiger charge is -2.21. The number of hydrogen-bond donors (Lipinski definition) is 3. The number of hydrogen-bond acceptors (Lipinski definition) is 3. The zero-order chi connectivity index (χ0) is 14.6. The maximum absolute atomic E-state index is 11.9. The molecule has 116 valence electrons. The van der Waals surface area contributed by atoms with Crippen LogP contribution >= 0.6 is 24.0 Å². The maximum Gasteiger partial charge on any atom is 0.243 e. The van der Waals surface area contributed by atoms with E-state index in [-0.39, 0.29) is 30.8 Å². The highest BCUT2D eigenvalue weighted by atomic mass is 35.5. The fourth-order valence-electron chi connectivity index (χ4n) is 2.31. The molecule has 0 spiro atoms. The van der Waals surface area contributed by atoms with E-state index in [0.29, 0.717) is 23.6 Å². The van der Waals surface area contributed by atoms with E-state index < -0.39 is 5.54 Å². The van der Waals surface area contributed by atoms with Gasteiger partial charge >= 0.3 is 0 Å². The average molecular weight is 332 g/mol. The molecule has 1 fully saturated rings. The molecule has 0 unspecified atom stereocenters. The Labute approximate surface area is 135 Å². The summed E-state index contributed by atoms with van der Waals surface area (Å²) in [6.45, 7) is -0.0829. The van der Waals surface area contributed by atoms with Gasteiger partial charge in [0.25, 0.3) is 0 Å². The summed E-state index contributed by atoms with van der Waals surface area (Å²) in [5.41, 5.74) is 5.83. The van der Waals surface area contributed by atoms with Crippen molar-refractivity contribution in [2.24, 2.45) is 5.73 Å². The Kier molecular flexibility index (Phi) is 6.45. The van der Waals surface area contributed by atoms with Crippen molar-refractivity contribution < 1.29 is 9.59 Å². The molecular weight excluding hydrogens is 313 g/mol. The van der Waals surface area contributed by atoms with Crippen LogP contribution in [-0.2, 0) is 9.59 Å². The van der Waals surface area contributed by atoms with E-state index in [0.717, 1.165) is 12.8 Å². The lowest BCUT2D eigenvalue weighted by Crippen LogP contribution is -2.53. The normalized spacial score (nSPS) is 15.9. The second-order valence-corrected chi connectivity index (χ2v) is 5.54. The maximum atomic E-state index is 11.9. The van der Waals surface area contributed by atoms with E-state index in [4.69, 9.17) is 17.3 Å². The molecule has 0 heterocycles. The molecule has 1 aliphatic rings. The minimum Gasteiger partial charge on any atom is -0.345 e. The highest BCUT2D eigenvalue weighted by molar-refractivity contribution is 6.30. The van der Waals surface area contributed by atoms with Crippen molar-refractivity contribution in [2.75, 3.05) is 11.9 Å². The van der Waals surface area contributed by atoms with Gasteiger partial charge in [0.15, 0.2) is 0 Å². The van der Waals surface area contributed by atoms with E-state index >= 15 is 0 Å². The molecule has 7 heteroatoms. The van der Waals surface area contributed by atoms with Crippen molar-refractivity contribution >= 4 is 41.5 Å². The molecule has 0 saturated heterocycles. The van der Waals surface area contributed by atoms with Gasteiger partial charge in [0.2, 0.25) is 11.8 Å². The smallest absolute Gasteiger partial charge is 0.243 e. The van der Waals surface area contributed by atoms with Crippen LogP contribution in [0.25, 0.3) is 0 Å². The van der Waals surface area contributed by atoms with Crippen LogP contribution in [0.2, 0.25) is 5.02 Å². The topological polar surface area (TPSA) is 84.2 Å². The van der Waals surface area contributed by atoms with Gasteiger partial charge < -0.3 is 16.4 Å². The Balaban J connectivity index is 0.00000220. The third kappa shape index (κ3) is 4.88. The quantitative estimate of drug-likeness (QED) is 0.789. The van der Waals surface area contributed by atoms with Crippen molar-refractivity contribution in [3.8, 4) is 0 Å². The average Bonchev–Trinajstić information content (AvgIpc) is 2.87. The summed E-state index contributed by atoms with van der Waals surface area (Å²) in [6.07, 6.45) is 3.27. The van der Waals surface area contributed by atoms with Crippen molar-refractivity contribution in [3.63, 3.8) is 0 Å². The number of benzene rings is 1. The van der Waals surface area contributed by atoms with Gasteiger partial charge in [-0.15, -0.1) is 12.4 Å². The Hall–Kier alpha value is -1.30. The van der Waals surface area contributed by atoms with E-state index in [2.05, 4.69) is 10.6 Å². The molecule has 1 aromatic carbocycles. The Morgan fingerprint density at radius 3 is 2.33 bits per heavy atom. The number of halogens is 2. The molecule has 1 saturated carbocycles. The van der Waals surface area contributed by atoms with Crippen molar-refractivity contribution in [3.05, 3.63) is 29.3 Å². The number of nitrogens with two attached hydrogens (primary N) is 1. The monoisotopic (exact) mass is 331 g/mol. The number of carbonyl (C=O) groups is 2. The van der Waals surface area contributed by atoms with Crippen LogP contribution in [-0.4, -0.2) is 23.9 Å². The third-order valence-electron chi connectivity index (χ3n) is 3.49. The fraction of sp³-hybridized carbons (Fsp3) is 0.429. The highest BCUT2D eigenvalue weighted by Gasteiger charge is 2.36. The Morgan fingerprint density at radius 1 is 1.19 bits per heavy atom. The first-order chi connectivity index (χ1) is 9.49. The Bertz CT molecular complexity index is 499. The standard InChI is InChI=1S/C14H18ClN3O2.ClH/c15-10-3-5-11(6-4-10)18-12(19)9-17-13(20)14(16)7-1-2-8-14;/h3-6H,1-2,7-9,16H2,(H,17,20)(H,18,19);1H. The highest BCUT2D eigenvalue weighted by Crippen LogP contribution is 2.27. The molecule has 21 heavy (non-hydrogen) atoms. The zero-order valence-corrected chi connectivity index (χ0v) is 13.1. The SMILES string of the molecule is Cl.NC1(C(=O)NCC(=O)Nc2ccc(Cl)cc2)CCCC1. The van der Waals surface area contributed by atoms with Crippen LogP contribution < -0.4 is 16.4 Å². The number of rotatable bonds is 4. The second-order valence-electron chi connectivity index (χ2n) is 5.10. The molecule has 1 aromatic rings. The van der Waals surface area contributed by atoms with Gasteiger partial charge in [0.05, 0.1) is 12.1 Å². The summed E-state index contributed by atoms with van der Waals surface area (Å²) < 4.78 is 0. The van der Waals surface area contributed by atoms with Gasteiger partial charge in [-0.3, -0.25) is 9.59 Å². The number of anilines is 1. The van der Waals surface area contributed by atoms with Crippen molar-refractivity contribution in [1.82, 2.24) is 5.32 Å². The molecular formula is C14H19Cl2N3O2. The summed E-state index contributed by atoms with van der Waals surface area (Å²) in [4.78, 5) is 23.7. The van der Waals surface area contributed by atoms with E-state index in [1.807, 2.05) is 0 Å². The molecule has 2 amide bonds. The summed E-state index contributed by atoms with van der Waals surface area (Å²) in [7, 11) is 0. The Morgan fingerprint density at radius 2 is 1.76 bits per heavy atom. The van der Waals surface area contributed by atoms with Crippen LogP contribution in [0.5, 0.6) is 0 Å². The first-order valence-corrected chi connectivity index (χ1v) is 7.00. The molecule has 0 radical (unpaired) electrons. The van der Waals surface area contributed by atoms with Gasteiger partial charge in [-0.2, -0.15) is 0 Å². The van der Waals surface area contributed by atoms with Crippen LogP contribution in [0.15, 0.2) is 24.3 Å². The van der Waals surface area contributed by atoms with Crippen LogP contribution in [0.4, 0.5) is 5.69 Å². The van der Waals surface area contributed by atoms with E-state index in [1.165, 1.54) is 0 Å². The minimum absolute atomic E-state index is 0. The molecule has 0 bridgehead atoms. The van der Waals surface area contributed by atoms with Crippen LogP contribution in [0.1, 0.15) is 25.7 Å². The second kappa shape index (κ2) is 7.64. The molecule has 2 rings (SSSR count). The molecule has 0 atom stereocenters. The number of nitrogens with one attached hydrogen (secondary N) is 2.